The number of para-hydroxylation sites is 1. The number of likely N-dealkylation sites (tertiary alicyclic amines) is 1. The molecule has 5 nitrogen and oxygen atoms in total. The Hall–Kier alpha value is -2.25. The third kappa shape index (κ3) is 3.15. The maximum absolute atomic E-state index is 12.7. The van der Waals surface area contributed by atoms with E-state index in [1.54, 1.807) is 0 Å². The Bertz CT molecular complexity index is 601. The van der Waals surface area contributed by atoms with E-state index in [4.69, 9.17) is 0 Å². The molecule has 0 bridgehead atoms. The summed E-state index contributed by atoms with van der Waals surface area (Å²) in [6.07, 6.45) is -4.03. The first-order chi connectivity index (χ1) is 10.2. The third-order valence-corrected chi connectivity index (χ3v) is 3.67. The number of nitrogens with one attached hydrogen (secondary N) is 1. The van der Waals surface area contributed by atoms with Crippen LogP contribution in [0.4, 0.5) is 13.2 Å². The fourth-order valence-electron chi connectivity index (χ4n) is 2.37. The highest BCUT2D eigenvalue weighted by molar-refractivity contribution is 5.90. The zero-order valence-corrected chi connectivity index (χ0v) is 11.8. The van der Waals surface area contributed by atoms with Crippen molar-refractivity contribution in [1.29, 1.82) is 0 Å². The van der Waals surface area contributed by atoms with E-state index in [1.807, 2.05) is 0 Å². The van der Waals surface area contributed by atoms with Gasteiger partial charge in [-0.2, -0.15) is 13.2 Å². The second-order valence-electron chi connectivity index (χ2n) is 5.09. The van der Waals surface area contributed by atoms with E-state index in [9.17, 15) is 27.9 Å². The van der Waals surface area contributed by atoms with E-state index < -0.39 is 29.4 Å². The summed E-state index contributed by atoms with van der Waals surface area (Å²) in [5, 5.41) is 12.1. The number of hydrogen-bond donors (Lipinski definition) is 2. The van der Waals surface area contributed by atoms with E-state index >= 15 is 0 Å². The van der Waals surface area contributed by atoms with Gasteiger partial charge in [0.2, 0.25) is 11.8 Å². The number of nitrogens with zero attached hydrogens (tertiary/aromatic N) is 1. The number of alkyl halides is 3. The molecule has 0 aromatic heterocycles. The summed E-state index contributed by atoms with van der Waals surface area (Å²) in [6, 6.07) is 2.61. The molecule has 1 aromatic carbocycles. The Morgan fingerprint density at radius 3 is 2.68 bits per heavy atom. The zero-order chi connectivity index (χ0) is 16.5. The number of likely N-dealkylation sites (N-methyl/N-ethyl adjacent to an activating group) is 1. The van der Waals surface area contributed by atoms with E-state index in [1.165, 1.54) is 18.0 Å². The number of benzene rings is 1. The number of carbonyl (C=O) groups excluding carboxylic acids is 2. The van der Waals surface area contributed by atoms with Crippen LogP contribution in [0.15, 0.2) is 18.2 Å². The first kappa shape index (κ1) is 16.1. The van der Waals surface area contributed by atoms with Gasteiger partial charge in [0.15, 0.2) is 0 Å². The molecule has 0 spiro atoms. The number of aromatic hydroxyl groups is 1. The highest BCUT2D eigenvalue weighted by Crippen LogP contribution is 2.37. The molecule has 1 unspecified atom stereocenters. The smallest absolute Gasteiger partial charge is 0.419 e. The summed E-state index contributed by atoms with van der Waals surface area (Å²) in [5.74, 6) is -1.50. The van der Waals surface area contributed by atoms with Gasteiger partial charge in [0.1, 0.15) is 11.8 Å². The number of rotatable bonds is 3. The molecule has 1 saturated heterocycles. The molecule has 1 aliphatic heterocycles. The molecule has 0 saturated carbocycles. The van der Waals surface area contributed by atoms with Crippen molar-refractivity contribution in [1.82, 2.24) is 10.2 Å². The van der Waals surface area contributed by atoms with E-state index in [-0.39, 0.29) is 24.4 Å². The van der Waals surface area contributed by atoms with Gasteiger partial charge in [0, 0.05) is 25.6 Å². The molecule has 22 heavy (non-hydrogen) atoms. The largest absolute Gasteiger partial charge is 0.507 e. The zero-order valence-electron chi connectivity index (χ0n) is 11.8. The monoisotopic (exact) mass is 316 g/mol. The quantitative estimate of drug-likeness (QED) is 0.891. The molecular formula is C14H15F3N2O3. The summed E-state index contributed by atoms with van der Waals surface area (Å²) >= 11 is 0. The van der Waals surface area contributed by atoms with Crippen molar-refractivity contribution in [3.05, 3.63) is 29.3 Å². The van der Waals surface area contributed by atoms with E-state index in [0.717, 1.165) is 12.1 Å². The second kappa shape index (κ2) is 5.86. The van der Waals surface area contributed by atoms with Gasteiger partial charge in [-0.15, -0.1) is 0 Å². The van der Waals surface area contributed by atoms with Crippen LogP contribution in [-0.2, 0) is 22.3 Å². The highest BCUT2D eigenvalue weighted by Gasteiger charge is 2.35. The molecule has 8 heteroatoms. The molecule has 1 atom stereocenters. The lowest BCUT2D eigenvalue weighted by atomic mass is 10.1. The van der Waals surface area contributed by atoms with Crippen LogP contribution >= 0.6 is 0 Å². The normalized spacial score (nSPS) is 18.6. The van der Waals surface area contributed by atoms with Gasteiger partial charge in [-0.3, -0.25) is 9.59 Å². The highest BCUT2D eigenvalue weighted by atomic mass is 19.4. The Labute approximate surface area is 124 Å². The molecule has 120 valence electrons. The third-order valence-electron chi connectivity index (χ3n) is 3.67. The van der Waals surface area contributed by atoms with Crippen LogP contribution in [0.2, 0.25) is 0 Å². The number of carbonyl (C=O) groups is 2. The van der Waals surface area contributed by atoms with Crippen molar-refractivity contribution in [3.63, 3.8) is 0 Å². The van der Waals surface area contributed by atoms with Crippen molar-refractivity contribution < 1.29 is 27.9 Å². The molecule has 2 N–H and O–H groups in total. The van der Waals surface area contributed by atoms with E-state index in [0.29, 0.717) is 6.42 Å². The molecule has 0 radical (unpaired) electrons. The first-order valence-corrected chi connectivity index (χ1v) is 6.63. The van der Waals surface area contributed by atoms with Crippen molar-refractivity contribution in [2.45, 2.75) is 31.6 Å². The predicted octanol–water partition coefficient (Wildman–Crippen LogP) is 1.65. The minimum atomic E-state index is -4.66. The molecule has 0 aliphatic carbocycles. The van der Waals surface area contributed by atoms with Gasteiger partial charge in [0.25, 0.3) is 0 Å². The lowest BCUT2D eigenvalue weighted by Crippen LogP contribution is -2.42. The predicted molar refractivity (Wildman–Crippen MR) is 70.7 cm³/mol. The number of phenols is 1. The second-order valence-corrected chi connectivity index (χ2v) is 5.09. The van der Waals surface area contributed by atoms with Crippen LogP contribution in [-0.4, -0.2) is 34.9 Å². The molecular weight excluding hydrogens is 301 g/mol. The molecule has 1 heterocycles. The Morgan fingerprint density at radius 2 is 2.14 bits per heavy atom. The molecule has 2 amide bonds. The van der Waals surface area contributed by atoms with Crippen molar-refractivity contribution in [2.24, 2.45) is 0 Å². The Morgan fingerprint density at radius 1 is 1.45 bits per heavy atom. The fraction of sp³-hybridized carbons (Fsp3) is 0.429. The van der Waals surface area contributed by atoms with Crippen molar-refractivity contribution in [2.75, 3.05) is 7.05 Å². The minimum absolute atomic E-state index is 0.0323. The van der Waals surface area contributed by atoms with Crippen LogP contribution in [0, 0.1) is 0 Å². The molecule has 1 aliphatic rings. The van der Waals surface area contributed by atoms with Crippen LogP contribution in [0.25, 0.3) is 0 Å². The number of amides is 2. The SMILES string of the molecule is CN1C(=O)CCC1C(=O)NCc1cccc(C(F)(F)F)c1O. The number of phenolic OH excluding ortho intramolecular Hbond substituents is 1. The van der Waals surface area contributed by atoms with Crippen molar-refractivity contribution in [3.8, 4) is 5.75 Å². The van der Waals surface area contributed by atoms with Crippen molar-refractivity contribution >= 4 is 11.8 Å². The fourth-order valence-corrected chi connectivity index (χ4v) is 2.37. The van der Waals surface area contributed by atoms with Gasteiger partial charge in [0.05, 0.1) is 5.56 Å². The van der Waals surface area contributed by atoms with Gasteiger partial charge in [-0.1, -0.05) is 12.1 Å². The number of hydrogen-bond acceptors (Lipinski definition) is 3. The van der Waals surface area contributed by atoms with Crippen LogP contribution in [0.3, 0.4) is 0 Å². The lowest BCUT2D eigenvalue weighted by molar-refractivity contribution is -0.138. The molecule has 1 aromatic rings. The lowest BCUT2D eigenvalue weighted by Gasteiger charge is -2.19. The summed E-state index contributed by atoms with van der Waals surface area (Å²) in [4.78, 5) is 24.6. The van der Waals surface area contributed by atoms with Crippen LogP contribution in [0.5, 0.6) is 5.75 Å². The van der Waals surface area contributed by atoms with Crippen LogP contribution in [0.1, 0.15) is 24.0 Å². The summed E-state index contributed by atoms with van der Waals surface area (Å²) in [5.41, 5.74) is -1.18. The number of halogens is 3. The maximum Gasteiger partial charge on any atom is 0.419 e. The minimum Gasteiger partial charge on any atom is -0.507 e. The van der Waals surface area contributed by atoms with Gasteiger partial charge >= 0.3 is 6.18 Å². The summed E-state index contributed by atoms with van der Waals surface area (Å²) < 4.78 is 38.0. The van der Waals surface area contributed by atoms with Gasteiger partial charge in [-0.05, 0) is 12.5 Å². The maximum atomic E-state index is 12.7. The Balaban J connectivity index is 2.06. The summed E-state index contributed by atoms with van der Waals surface area (Å²) in [6.45, 7) is -0.243. The average molecular weight is 316 g/mol. The van der Waals surface area contributed by atoms with E-state index in [2.05, 4.69) is 5.32 Å². The first-order valence-electron chi connectivity index (χ1n) is 6.63. The topological polar surface area (TPSA) is 69.6 Å². The van der Waals surface area contributed by atoms with Gasteiger partial charge < -0.3 is 15.3 Å². The summed E-state index contributed by atoms with van der Waals surface area (Å²) in [7, 11) is 1.50. The standard InChI is InChI=1S/C14H15F3N2O3/c1-19-10(5-6-11(19)20)13(22)18-7-8-3-2-4-9(12(8)21)14(15,16)17/h2-4,10,21H,5-7H2,1H3,(H,18,22). The molecule has 1 fully saturated rings. The average Bonchev–Trinajstić information content (AvgIpc) is 2.76. The Kier molecular flexibility index (Phi) is 4.30. The van der Waals surface area contributed by atoms with Crippen LogP contribution < -0.4 is 5.32 Å². The van der Waals surface area contributed by atoms with Gasteiger partial charge in [-0.25, -0.2) is 0 Å². The molecule has 2 rings (SSSR count).